The lowest BCUT2D eigenvalue weighted by Gasteiger charge is -2.21. The molecule has 2 aromatic rings. The Bertz CT molecular complexity index is 1060. The quantitative estimate of drug-likeness (QED) is 0.609. The molecule has 0 aliphatic rings. The first-order valence-corrected chi connectivity index (χ1v) is 12.0. The van der Waals surface area contributed by atoms with Crippen LogP contribution in [0.25, 0.3) is 0 Å². The third kappa shape index (κ3) is 5.64. The van der Waals surface area contributed by atoms with Crippen molar-refractivity contribution in [3.05, 3.63) is 58.7 Å². The van der Waals surface area contributed by atoms with Crippen LogP contribution in [-0.4, -0.2) is 25.9 Å². The predicted molar refractivity (Wildman–Crippen MR) is 108 cm³/mol. The van der Waals surface area contributed by atoms with Crippen LogP contribution in [0.15, 0.2) is 46.2 Å². The second kappa shape index (κ2) is 8.73. The number of unbranched alkanes of at least 4 members (excludes halogenated alkanes) is 1. The average molecular weight is 427 g/mol. The summed E-state index contributed by atoms with van der Waals surface area (Å²) in [5.41, 5.74) is 2.55. The molecule has 0 saturated heterocycles. The highest BCUT2D eigenvalue weighted by atomic mass is 32.2. The SMILES string of the molecule is CCCCC(Cc1cc(C)ccc1S(=O)(=O)O)c1cc(C)ccc1S(=O)(=O)O. The van der Waals surface area contributed by atoms with E-state index in [9.17, 15) is 25.9 Å². The zero-order valence-corrected chi connectivity index (χ0v) is 17.8. The van der Waals surface area contributed by atoms with Crippen LogP contribution in [0.3, 0.4) is 0 Å². The molecular formula is C20H26O6S2. The van der Waals surface area contributed by atoms with Crippen molar-refractivity contribution in [3.63, 3.8) is 0 Å². The number of hydrogen-bond acceptors (Lipinski definition) is 4. The largest absolute Gasteiger partial charge is 0.294 e. The summed E-state index contributed by atoms with van der Waals surface area (Å²) in [5.74, 6) is -0.334. The molecule has 1 unspecified atom stereocenters. The zero-order valence-electron chi connectivity index (χ0n) is 16.2. The van der Waals surface area contributed by atoms with Gasteiger partial charge >= 0.3 is 0 Å². The van der Waals surface area contributed by atoms with Gasteiger partial charge in [-0.05, 0) is 55.9 Å². The van der Waals surface area contributed by atoms with Crippen LogP contribution in [0.2, 0.25) is 0 Å². The molecule has 0 spiro atoms. The average Bonchev–Trinajstić information content (AvgIpc) is 2.56. The molecule has 0 fully saturated rings. The Kier molecular flexibility index (Phi) is 7.03. The minimum absolute atomic E-state index is 0.166. The van der Waals surface area contributed by atoms with E-state index in [4.69, 9.17) is 0 Å². The highest BCUT2D eigenvalue weighted by Gasteiger charge is 2.25. The van der Waals surface area contributed by atoms with Crippen molar-refractivity contribution in [1.29, 1.82) is 0 Å². The van der Waals surface area contributed by atoms with Crippen LogP contribution in [0.1, 0.15) is 54.4 Å². The third-order valence-corrected chi connectivity index (χ3v) is 6.63. The number of benzene rings is 2. The van der Waals surface area contributed by atoms with Crippen LogP contribution in [0, 0.1) is 13.8 Å². The fourth-order valence-electron chi connectivity index (χ4n) is 3.42. The molecular weight excluding hydrogens is 400 g/mol. The predicted octanol–water partition coefficient (Wildman–Crippen LogP) is 4.31. The Morgan fingerprint density at radius 2 is 1.39 bits per heavy atom. The van der Waals surface area contributed by atoms with E-state index in [1.165, 1.54) is 12.1 Å². The lowest BCUT2D eigenvalue weighted by molar-refractivity contribution is 0.474. The van der Waals surface area contributed by atoms with Crippen LogP contribution in [0.4, 0.5) is 0 Å². The fraction of sp³-hybridized carbons (Fsp3) is 0.400. The molecule has 0 aliphatic heterocycles. The minimum atomic E-state index is -4.43. The maximum absolute atomic E-state index is 11.9. The van der Waals surface area contributed by atoms with Crippen LogP contribution < -0.4 is 0 Å². The van der Waals surface area contributed by atoms with E-state index in [-0.39, 0.29) is 22.1 Å². The van der Waals surface area contributed by atoms with Crippen molar-refractivity contribution in [2.75, 3.05) is 0 Å². The topological polar surface area (TPSA) is 109 Å². The molecule has 0 aromatic heterocycles. The van der Waals surface area contributed by atoms with Gasteiger partial charge in [0.25, 0.3) is 20.2 Å². The first-order valence-electron chi connectivity index (χ1n) is 9.08. The molecule has 0 aliphatic carbocycles. The van der Waals surface area contributed by atoms with Crippen molar-refractivity contribution >= 4 is 20.2 Å². The molecule has 1 atom stereocenters. The third-order valence-electron chi connectivity index (χ3n) is 4.75. The lowest BCUT2D eigenvalue weighted by atomic mass is 9.86. The van der Waals surface area contributed by atoms with Gasteiger partial charge in [0.15, 0.2) is 0 Å². The normalized spacial score (nSPS) is 13.5. The standard InChI is InChI=1S/C20H26O6S2/c1-4-5-6-16(18-12-15(3)8-10-20(18)28(24,25)26)13-17-11-14(2)7-9-19(17)27(21,22)23/h7-12,16H,4-6,13H2,1-3H3,(H,21,22,23)(H,24,25,26). The van der Waals surface area contributed by atoms with E-state index in [0.717, 1.165) is 24.0 Å². The maximum atomic E-state index is 11.9. The Morgan fingerprint density at radius 3 is 1.93 bits per heavy atom. The van der Waals surface area contributed by atoms with Gasteiger partial charge in [-0.1, -0.05) is 55.2 Å². The molecule has 0 radical (unpaired) electrons. The summed E-state index contributed by atoms with van der Waals surface area (Å²) in [6.07, 6.45) is 2.52. The van der Waals surface area contributed by atoms with Gasteiger partial charge in [0.1, 0.15) is 0 Å². The van der Waals surface area contributed by atoms with Gasteiger partial charge in [-0.2, -0.15) is 16.8 Å². The van der Waals surface area contributed by atoms with E-state index in [1.54, 1.807) is 24.3 Å². The lowest BCUT2D eigenvalue weighted by Crippen LogP contribution is -2.13. The van der Waals surface area contributed by atoms with E-state index in [2.05, 4.69) is 0 Å². The van der Waals surface area contributed by atoms with Crippen molar-refractivity contribution < 1.29 is 25.9 Å². The second-order valence-corrected chi connectivity index (χ2v) is 9.93. The van der Waals surface area contributed by atoms with Gasteiger partial charge in [-0.3, -0.25) is 9.11 Å². The first-order chi connectivity index (χ1) is 12.9. The summed E-state index contributed by atoms with van der Waals surface area (Å²) < 4.78 is 66.6. The van der Waals surface area contributed by atoms with E-state index in [1.807, 2.05) is 20.8 Å². The summed E-state index contributed by atoms with van der Waals surface area (Å²) in [6.45, 7) is 5.65. The van der Waals surface area contributed by atoms with Gasteiger partial charge in [0.05, 0.1) is 9.79 Å². The first kappa shape index (κ1) is 22.5. The van der Waals surface area contributed by atoms with Gasteiger partial charge in [-0.15, -0.1) is 0 Å². The van der Waals surface area contributed by atoms with Crippen LogP contribution >= 0.6 is 0 Å². The Hall–Kier alpha value is -1.74. The molecule has 6 nitrogen and oxygen atoms in total. The van der Waals surface area contributed by atoms with Gasteiger partial charge < -0.3 is 0 Å². The number of rotatable bonds is 8. The fourth-order valence-corrected chi connectivity index (χ4v) is 4.90. The Labute approximate surface area is 167 Å². The number of aryl methyl sites for hydroxylation is 2. The highest BCUT2D eigenvalue weighted by Crippen LogP contribution is 2.34. The second-order valence-electron chi connectivity index (χ2n) is 7.15. The molecule has 2 N–H and O–H groups in total. The minimum Gasteiger partial charge on any atom is -0.282 e. The molecule has 0 bridgehead atoms. The number of hydrogen-bond donors (Lipinski definition) is 2. The van der Waals surface area contributed by atoms with Gasteiger partial charge in [0, 0.05) is 0 Å². The molecule has 0 amide bonds. The van der Waals surface area contributed by atoms with Crippen molar-refractivity contribution in [2.45, 2.75) is 62.2 Å². The molecule has 0 saturated carbocycles. The van der Waals surface area contributed by atoms with Crippen molar-refractivity contribution in [2.24, 2.45) is 0 Å². The van der Waals surface area contributed by atoms with E-state index < -0.39 is 20.2 Å². The monoisotopic (exact) mass is 426 g/mol. The molecule has 0 heterocycles. The summed E-state index contributed by atoms with van der Waals surface area (Å²) >= 11 is 0. The van der Waals surface area contributed by atoms with E-state index >= 15 is 0 Å². The molecule has 2 aromatic carbocycles. The summed E-state index contributed by atoms with van der Waals surface area (Å²) in [5, 5.41) is 0. The zero-order chi connectivity index (χ0) is 21.1. The molecule has 154 valence electrons. The molecule has 28 heavy (non-hydrogen) atoms. The van der Waals surface area contributed by atoms with E-state index in [0.29, 0.717) is 17.5 Å². The molecule has 8 heteroatoms. The smallest absolute Gasteiger partial charge is 0.282 e. The van der Waals surface area contributed by atoms with Crippen LogP contribution in [-0.2, 0) is 26.7 Å². The van der Waals surface area contributed by atoms with Gasteiger partial charge in [-0.25, -0.2) is 0 Å². The summed E-state index contributed by atoms with van der Waals surface area (Å²) in [6, 6.07) is 9.34. The summed E-state index contributed by atoms with van der Waals surface area (Å²) in [4.78, 5) is -0.346. The Morgan fingerprint density at radius 1 is 0.857 bits per heavy atom. The summed E-state index contributed by atoms with van der Waals surface area (Å²) in [7, 11) is -8.84. The Balaban J connectivity index is 2.63. The highest BCUT2D eigenvalue weighted by molar-refractivity contribution is 7.86. The van der Waals surface area contributed by atoms with Crippen molar-refractivity contribution in [1.82, 2.24) is 0 Å². The van der Waals surface area contributed by atoms with Crippen molar-refractivity contribution in [3.8, 4) is 0 Å². The van der Waals surface area contributed by atoms with Gasteiger partial charge in [0.2, 0.25) is 0 Å². The maximum Gasteiger partial charge on any atom is 0.294 e. The molecule has 2 rings (SSSR count). The van der Waals surface area contributed by atoms with Crippen LogP contribution in [0.5, 0.6) is 0 Å².